The highest BCUT2D eigenvalue weighted by Crippen LogP contribution is 2.16. The van der Waals surface area contributed by atoms with Crippen LogP contribution in [0.4, 0.5) is 0 Å². The maximum absolute atomic E-state index is 11.8. The summed E-state index contributed by atoms with van der Waals surface area (Å²) in [4.78, 5) is 11.8. The van der Waals surface area contributed by atoms with Crippen molar-refractivity contribution in [1.29, 1.82) is 0 Å². The molecule has 0 saturated carbocycles. The molecule has 1 aliphatic heterocycles. The molecular formula is C11H15ClN2O2. The van der Waals surface area contributed by atoms with E-state index in [9.17, 15) is 4.79 Å². The van der Waals surface area contributed by atoms with E-state index in [1.807, 2.05) is 0 Å². The van der Waals surface area contributed by atoms with Crippen molar-refractivity contribution in [2.45, 2.75) is 25.3 Å². The minimum absolute atomic E-state index is 0.152. The van der Waals surface area contributed by atoms with Crippen LogP contribution in [-0.2, 0) is 0 Å². The van der Waals surface area contributed by atoms with Gasteiger partial charge in [-0.15, -0.1) is 0 Å². The van der Waals surface area contributed by atoms with Crippen molar-refractivity contribution in [3.05, 3.63) is 23.1 Å². The highest BCUT2D eigenvalue weighted by Gasteiger charge is 2.18. The SMILES string of the molecule is O=C(NC1CCCCNC1)c1ccoc1Cl. The summed E-state index contributed by atoms with van der Waals surface area (Å²) in [5, 5.41) is 6.40. The molecule has 0 spiro atoms. The summed E-state index contributed by atoms with van der Waals surface area (Å²) in [6.45, 7) is 1.85. The lowest BCUT2D eigenvalue weighted by Gasteiger charge is -2.15. The molecule has 0 bridgehead atoms. The highest BCUT2D eigenvalue weighted by atomic mass is 35.5. The zero-order valence-electron chi connectivity index (χ0n) is 8.96. The van der Waals surface area contributed by atoms with Crippen LogP contribution in [0.15, 0.2) is 16.7 Å². The molecule has 2 heterocycles. The van der Waals surface area contributed by atoms with Crippen LogP contribution in [0.5, 0.6) is 0 Å². The van der Waals surface area contributed by atoms with Crippen LogP contribution in [0.1, 0.15) is 29.6 Å². The van der Waals surface area contributed by atoms with Crippen LogP contribution in [0.25, 0.3) is 0 Å². The van der Waals surface area contributed by atoms with Gasteiger partial charge >= 0.3 is 0 Å². The number of furan rings is 1. The number of hydrogen-bond acceptors (Lipinski definition) is 3. The fraction of sp³-hybridized carbons (Fsp3) is 0.545. The average molecular weight is 243 g/mol. The number of carbonyl (C=O) groups is 1. The van der Waals surface area contributed by atoms with Crippen molar-refractivity contribution in [3.63, 3.8) is 0 Å². The summed E-state index contributed by atoms with van der Waals surface area (Å²) in [6.07, 6.45) is 4.73. The van der Waals surface area contributed by atoms with E-state index in [1.54, 1.807) is 6.07 Å². The number of halogens is 1. The maximum Gasteiger partial charge on any atom is 0.256 e. The van der Waals surface area contributed by atoms with Gasteiger partial charge in [-0.1, -0.05) is 6.42 Å². The Hall–Kier alpha value is -1.00. The number of nitrogens with one attached hydrogen (secondary N) is 2. The fourth-order valence-electron chi connectivity index (χ4n) is 1.86. The molecular weight excluding hydrogens is 228 g/mol. The molecule has 2 rings (SSSR count). The Morgan fingerprint density at radius 1 is 1.56 bits per heavy atom. The molecule has 1 atom stereocenters. The van der Waals surface area contributed by atoms with E-state index in [0.717, 1.165) is 25.9 Å². The lowest BCUT2D eigenvalue weighted by molar-refractivity contribution is 0.0935. The van der Waals surface area contributed by atoms with Gasteiger partial charge in [-0.25, -0.2) is 0 Å². The van der Waals surface area contributed by atoms with Gasteiger partial charge in [0, 0.05) is 12.6 Å². The second-order valence-corrected chi connectivity index (χ2v) is 4.32. The second kappa shape index (κ2) is 5.37. The molecule has 0 aliphatic carbocycles. The number of amides is 1. The summed E-state index contributed by atoms with van der Waals surface area (Å²) in [7, 11) is 0. The first kappa shape index (κ1) is 11.5. The van der Waals surface area contributed by atoms with Gasteiger partial charge in [0.1, 0.15) is 0 Å². The van der Waals surface area contributed by atoms with Crippen molar-refractivity contribution < 1.29 is 9.21 Å². The van der Waals surface area contributed by atoms with Crippen LogP contribution >= 0.6 is 11.6 Å². The minimum atomic E-state index is -0.160. The summed E-state index contributed by atoms with van der Waals surface area (Å²) >= 11 is 5.74. The van der Waals surface area contributed by atoms with Gasteiger partial charge in [0.05, 0.1) is 11.8 Å². The van der Waals surface area contributed by atoms with E-state index >= 15 is 0 Å². The van der Waals surface area contributed by atoms with Crippen LogP contribution in [0, 0.1) is 0 Å². The lowest BCUT2D eigenvalue weighted by Crippen LogP contribution is -2.40. The molecule has 1 aromatic heterocycles. The lowest BCUT2D eigenvalue weighted by atomic mass is 10.1. The van der Waals surface area contributed by atoms with Gasteiger partial charge in [-0.3, -0.25) is 4.79 Å². The number of rotatable bonds is 2. The largest absolute Gasteiger partial charge is 0.452 e. The van der Waals surface area contributed by atoms with Gasteiger partial charge in [0.2, 0.25) is 5.22 Å². The fourth-order valence-corrected chi connectivity index (χ4v) is 2.06. The summed E-state index contributed by atoms with van der Waals surface area (Å²) < 4.78 is 4.89. The van der Waals surface area contributed by atoms with Crippen molar-refractivity contribution >= 4 is 17.5 Å². The van der Waals surface area contributed by atoms with Crippen molar-refractivity contribution in [2.75, 3.05) is 13.1 Å². The van der Waals surface area contributed by atoms with Gasteiger partial charge in [0.25, 0.3) is 5.91 Å². The molecule has 1 unspecified atom stereocenters. The van der Waals surface area contributed by atoms with Crippen LogP contribution in [-0.4, -0.2) is 25.0 Å². The molecule has 1 aromatic rings. The van der Waals surface area contributed by atoms with E-state index in [-0.39, 0.29) is 17.2 Å². The molecule has 88 valence electrons. The Morgan fingerprint density at radius 3 is 3.19 bits per heavy atom. The predicted molar refractivity (Wildman–Crippen MR) is 61.7 cm³/mol. The Bertz CT molecular complexity index is 357. The van der Waals surface area contributed by atoms with Gasteiger partial charge in [-0.05, 0) is 37.1 Å². The first-order valence-electron chi connectivity index (χ1n) is 5.52. The number of hydrogen-bond donors (Lipinski definition) is 2. The van der Waals surface area contributed by atoms with E-state index < -0.39 is 0 Å². The minimum Gasteiger partial charge on any atom is -0.452 e. The van der Waals surface area contributed by atoms with Crippen molar-refractivity contribution in [3.8, 4) is 0 Å². The molecule has 5 heteroatoms. The topological polar surface area (TPSA) is 54.3 Å². The standard InChI is InChI=1S/C11H15ClN2O2/c12-10-9(4-6-16-10)11(15)14-8-3-1-2-5-13-7-8/h4,6,8,13H,1-3,5,7H2,(H,14,15). The Kier molecular flexibility index (Phi) is 3.85. The van der Waals surface area contributed by atoms with Gasteiger partial charge in [0.15, 0.2) is 0 Å². The van der Waals surface area contributed by atoms with Crippen LogP contribution in [0.2, 0.25) is 5.22 Å². The molecule has 1 fully saturated rings. The summed E-state index contributed by atoms with van der Waals surface area (Å²) in [5.74, 6) is -0.160. The Morgan fingerprint density at radius 2 is 2.44 bits per heavy atom. The van der Waals surface area contributed by atoms with Gasteiger partial charge in [-0.2, -0.15) is 0 Å². The third kappa shape index (κ3) is 2.77. The normalized spacial score (nSPS) is 21.4. The van der Waals surface area contributed by atoms with Crippen molar-refractivity contribution in [2.24, 2.45) is 0 Å². The second-order valence-electron chi connectivity index (χ2n) is 3.98. The summed E-state index contributed by atoms with van der Waals surface area (Å²) in [6, 6.07) is 1.77. The van der Waals surface area contributed by atoms with E-state index in [4.69, 9.17) is 16.0 Å². The van der Waals surface area contributed by atoms with Crippen molar-refractivity contribution in [1.82, 2.24) is 10.6 Å². The molecule has 1 aliphatic rings. The Balaban J connectivity index is 1.93. The van der Waals surface area contributed by atoms with Gasteiger partial charge < -0.3 is 15.1 Å². The predicted octanol–water partition coefficient (Wildman–Crippen LogP) is 1.80. The zero-order chi connectivity index (χ0) is 11.4. The van der Waals surface area contributed by atoms with E-state index in [2.05, 4.69) is 10.6 Å². The zero-order valence-corrected chi connectivity index (χ0v) is 9.72. The molecule has 16 heavy (non-hydrogen) atoms. The third-order valence-corrected chi connectivity index (χ3v) is 3.04. The van der Waals surface area contributed by atoms with E-state index in [0.29, 0.717) is 5.56 Å². The molecule has 0 radical (unpaired) electrons. The maximum atomic E-state index is 11.8. The smallest absolute Gasteiger partial charge is 0.256 e. The molecule has 4 nitrogen and oxygen atoms in total. The quantitative estimate of drug-likeness (QED) is 0.832. The highest BCUT2D eigenvalue weighted by molar-refractivity contribution is 6.32. The molecule has 1 saturated heterocycles. The van der Waals surface area contributed by atoms with Crippen LogP contribution in [0.3, 0.4) is 0 Å². The Labute approximate surface area is 99.3 Å². The van der Waals surface area contributed by atoms with E-state index in [1.165, 1.54) is 12.7 Å². The summed E-state index contributed by atoms with van der Waals surface area (Å²) in [5.41, 5.74) is 0.408. The van der Waals surface area contributed by atoms with Crippen LogP contribution < -0.4 is 10.6 Å². The molecule has 0 aromatic carbocycles. The first-order valence-corrected chi connectivity index (χ1v) is 5.90. The number of carbonyl (C=O) groups excluding carboxylic acids is 1. The monoisotopic (exact) mass is 242 g/mol. The average Bonchev–Trinajstić information content (AvgIpc) is 2.53. The third-order valence-electron chi connectivity index (χ3n) is 2.74. The molecule has 1 amide bonds. The molecule has 2 N–H and O–H groups in total. The first-order chi connectivity index (χ1) is 7.77.